The van der Waals surface area contributed by atoms with Crippen LogP contribution in [-0.2, 0) is 4.79 Å². The van der Waals surface area contributed by atoms with Gasteiger partial charge in [0, 0.05) is 0 Å². The number of aliphatic hydroxyl groups is 1. The van der Waals surface area contributed by atoms with Crippen LogP contribution >= 0.6 is 0 Å². The molecular formula is C5H9NO2. The van der Waals surface area contributed by atoms with Gasteiger partial charge in [-0.05, 0) is 13.0 Å². The van der Waals surface area contributed by atoms with Gasteiger partial charge in [-0.2, -0.15) is 0 Å². The molecular weight excluding hydrogens is 106 g/mol. The lowest BCUT2D eigenvalue weighted by atomic mass is 10.5. The number of carbonyl (C=O) groups excluding carboxylic acids is 1. The summed E-state index contributed by atoms with van der Waals surface area (Å²) < 4.78 is 0. The smallest absolute Gasteiger partial charge is 0.245 e. The first-order valence-corrected chi connectivity index (χ1v) is 2.28. The Morgan fingerprint density at radius 3 is 2.62 bits per heavy atom. The molecule has 0 saturated heterocycles. The lowest BCUT2D eigenvalue weighted by Gasteiger charge is -2.01. The van der Waals surface area contributed by atoms with Crippen LogP contribution in [0.25, 0.3) is 0 Å². The molecule has 0 spiro atoms. The normalized spacial score (nSPS) is 12.2. The molecule has 3 heteroatoms. The summed E-state index contributed by atoms with van der Waals surface area (Å²) in [5.74, 6) is -0.361. The Labute approximate surface area is 48.0 Å². The molecule has 1 amide bonds. The van der Waals surface area contributed by atoms with E-state index in [0.717, 1.165) is 6.08 Å². The fourth-order valence-electron chi connectivity index (χ4n) is 0.265. The second-order valence-corrected chi connectivity index (χ2v) is 1.39. The summed E-state index contributed by atoms with van der Waals surface area (Å²) in [5, 5.41) is 10.7. The first-order valence-electron chi connectivity index (χ1n) is 2.28. The minimum absolute atomic E-state index is 0.361. The minimum Gasteiger partial charge on any atom is -0.374 e. The van der Waals surface area contributed by atoms with Crippen molar-refractivity contribution in [2.24, 2.45) is 0 Å². The predicted octanol–water partition coefficient (Wildman–Crippen LogP) is -0.373. The van der Waals surface area contributed by atoms with Crippen molar-refractivity contribution < 1.29 is 9.90 Å². The quantitative estimate of drug-likeness (QED) is 0.381. The van der Waals surface area contributed by atoms with Crippen LogP contribution in [0.4, 0.5) is 0 Å². The highest BCUT2D eigenvalue weighted by Gasteiger charge is 1.95. The molecule has 3 nitrogen and oxygen atoms in total. The fourth-order valence-corrected chi connectivity index (χ4v) is 0.265. The Morgan fingerprint density at radius 2 is 2.50 bits per heavy atom. The predicted molar refractivity (Wildman–Crippen MR) is 30.0 cm³/mol. The van der Waals surface area contributed by atoms with Crippen molar-refractivity contribution in [2.45, 2.75) is 13.2 Å². The largest absolute Gasteiger partial charge is 0.374 e. The number of carbonyl (C=O) groups is 1. The highest BCUT2D eigenvalue weighted by molar-refractivity contribution is 5.86. The van der Waals surface area contributed by atoms with Gasteiger partial charge in [0.1, 0.15) is 6.23 Å². The molecule has 46 valence electrons. The third-order valence-electron chi connectivity index (χ3n) is 0.537. The first kappa shape index (κ1) is 7.17. The first-order chi connectivity index (χ1) is 3.66. The zero-order chi connectivity index (χ0) is 6.57. The molecule has 1 atom stereocenters. The molecule has 0 aliphatic heterocycles. The Bertz CT molecular complexity index is 98.6. The van der Waals surface area contributed by atoms with Gasteiger partial charge >= 0.3 is 0 Å². The molecule has 0 radical (unpaired) electrons. The Hall–Kier alpha value is -0.830. The van der Waals surface area contributed by atoms with Crippen LogP contribution in [0, 0.1) is 0 Å². The van der Waals surface area contributed by atoms with Gasteiger partial charge in [0.05, 0.1) is 0 Å². The van der Waals surface area contributed by atoms with E-state index >= 15 is 0 Å². The second-order valence-electron chi connectivity index (χ2n) is 1.39. The standard InChI is InChI=1S/C5H9NO2/c1-3-5(8)6-4(2)7/h3-4,7H,1H2,2H3,(H,6,8)/t4-/m0/s1. The Balaban J connectivity index is 3.39. The van der Waals surface area contributed by atoms with Gasteiger partial charge < -0.3 is 10.4 Å². The van der Waals surface area contributed by atoms with Crippen molar-refractivity contribution in [3.63, 3.8) is 0 Å². The highest BCUT2D eigenvalue weighted by atomic mass is 16.3. The van der Waals surface area contributed by atoms with Crippen LogP contribution in [0.15, 0.2) is 12.7 Å². The molecule has 0 aliphatic rings. The zero-order valence-electron chi connectivity index (χ0n) is 4.72. The number of amides is 1. The van der Waals surface area contributed by atoms with E-state index in [1.165, 1.54) is 6.92 Å². The average Bonchev–Trinajstić information content (AvgIpc) is 1.65. The van der Waals surface area contributed by atoms with Gasteiger partial charge in [-0.25, -0.2) is 0 Å². The zero-order valence-corrected chi connectivity index (χ0v) is 4.72. The number of hydrogen-bond acceptors (Lipinski definition) is 2. The van der Waals surface area contributed by atoms with Crippen LogP contribution in [0.2, 0.25) is 0 Å². The van der Waals surface area contributed by atoms with Crippen LogP contribution in [0.3, 0.4) is 0 Å². The van der Waals surface area contributed by atoms with Gasteiger partial charge in [0.2, 0.25) is 5.91 Å². The van der Waals surface area contributed by atoms with E-state index in [1.807, 2.05) is 0 Å². The molecule has 0 aliphatic carbocycles. The van der Waals surface area contributed by atoms with E-state index in [2.05, 4.69) is 11.9 Å². The van der Waals surface area contributed by atoms with Crippen molar-refractivity contribution in [1.82, 2.24) is 5.32 Å². The maximum absolute atomic E-state index is 10.2. The number of hydrogen-bond donors (Lipinski definition) is 2. The van der Waals surface area contributed by atoms with E-state index in [4.69, 9.17) is 5.11 Å². The third kappa shape index (κ3) is 3.36. The molecule has 0 saturated carbocycles. The second kappa shape index (κ2) is 3.21. The summed E-state index contributed by atoms with van der Waals surface area (Å²) in [4.78, 5) is 10.2. The third-order valence-corrected chi connectivity index (χ3v) is 0.537. The molecule has 0 bridgehead atoms. The summed E-state index contributed by atoms with van der Waals surface area (Å²) in [6.07, 6.45) is 0.313. The average molecular weight is 115 g/mol. The lowest BCUT2D eigenvalue weighted by molar-refractivity contribution is -0.118. The molecule has 0 heterocycles. The van der Waals surface area contributed by atoms with Crippen LogP contribution in [-0.4, -0.2) is 17.2 Å². The Kier molecular flexibility index (Phi) is 2.88. The summed E-state index contributed by atoms with van der Waals surface area (Å²) in [7, 11) is 0. The van der Waals surface area contributed by atoms with Crippen molar-refractivity contribution in [3.8, 4) is 0 Å². The van der Waals surface area contributed by atoms with Gasteiger partial charge in [0.15, 0.2) is 0 Å². The topological polar surface area (TPSA) is 49.3 Å². The molecule has 0 rings (SSSR count). The van der Waals surface area contributed by atoms with E-state index in [9.17, 15) is 4.79 Å². The SMILES string of the molecule is C=CC(=O)N[C@H](C)O. The van der Waals surface area contributed by atoms with Crippen molar-refractivity contribution in [1.29, 1.82) is 0 Å². The number of aliphatic hydroxyl groups excluding tert-OH is 1. The van der Waals surface area contributed by atoms with E-state index < -0.39 is 6.23 Å². The van der Waals surface area contributed by atoms with Crippen LogP contribution in [0.5, 0.6) is 0 Å². The Morgan fingerprint density at radius 1 is 2.00 bits per heavy atom. The maximum Gasteiger partial charge on any atom is 0.245 e. The lowest BCUT2D eigenvalue weighted by Crippen LogP contribution is -2.30. The van der Waals surface area contributed by atoms with Gasteiger partial charge in [-0.1, -0.05) is 6.58 Å². The maximum atomic E-state index is 10.2. The molecule has 0 aromatic heterocycles. The number of nitrogens with one attached hydrogen (secondary N) is 1. The van der Waals surface area contributed by atoms with Crippen LogP contribution < -0.4 is 5.32 Å². The highest BCUT2D eigenvalue weighted by Crippen LogP contribution is 1.71. The molecule has 0 aromatic carbocycles. The van der Waals surface area contributed by atoms with Crippen molar-refractivity contribution in [2.75, 3.05) is 0 Å². The molecule has 0 fully saturated rings. The molecule has 0 aromatic rings. The summed E-state index contributed by atoms with van der Waals surface area (Å²) >= 11 is 0. The van der Waals surface area contributed by atoms with Gasteiger partial charge in [-0.15, -0.1) is 0 Å². The summed E-state index contributed by atoms with van der Waals surface area (Å²) in [6.45, 7) is 4.65. The molecule has 0 unspecified atom stereocenters. The monoisotopic (exact) mass is 115 g/mol. The minimum atomic E-state index is -0.791. The van der Waals surface area contributed by atoms with E-state index in [-0.39, 0.29) is 5.91 Å². The van der Waals surface area contributed by atoms with Crippen molar-refractivity contribution in [3.05, 3.63) is 12.7 Å². The summed E-state index contributed by atoms with van der Waals surface area (Å²) in [6, 6.07) is 0. The van der Waals surface area contributed by atoms with Gasteiger partial charge in [-0.3, -0.25) is 4.79 Å². The van der Waals surface area contributed by atoms with Gasteiger partial charge in [0.25, 0.3) is 0 Å². The van der Waals surface area contributed by atoms with E-state index in [0.29, 0.717) is 0 Å². The molecule has 2 N–H and O–H groups in total. The summed E-state index contributed by atoms with van der Waals surface area (Å²) in [5.41, 5.74) is 0. The van der Waals surface area contributed by atoms with E-state index in [1.54, 1.807) is 0 Å². The molecule has 8 heavy (non-hydrogen) atoms. The van der Waals surface area contributed by atoms with Crippen molar-refractivity contribution >= 4 is 5.91 Å². The number of rotatable bonds is 2. The van der Waals surface area contributed by atoms with Crippen LogP contribution in [0.1, 0.15) is 6.92 Å². The fraction of sp³-hybridized carbons (Fsp3) is 0.400.